The summed E-state index contributed by atoms with van der Waals surface area (Å²) in [7, 11) is 0. The summed E-state index contributed by atoms with van der Waals surface area (Å²) in [5.74, 6) is 0.568. The molecule has 0 saturated heterocycles. The number of hydrogen-bond acceptors (Lipinski definition) is 4. The summed E-state index contributed by atoms with van der Waals surface area (Å²) < 4.78 is 0. The van der Waals surface area contributed by atoms with E-state index in [1.54, 1.807) is 11.1 Å². The van der Waals surface area contributed by atoms with Crippen molar-refractivity contribution >= 4 is 11.9 Å². The maximum Gasteiger partial charge on any atom is 0.244 e. The van der Waals surface area contributed by atoms with Gasteiger partial charge in [-0.05, 0) is 33.8 Å². The van der Waals surface area contributed by atoms with Gasteiger partial charge in [0.15, 0.2) is 0 Å². The molecule has 1 heterocycles. The van der Waals surface area contributed by atoms with Gasteiger partial charge in [-0.15, -0.1) is 0 Å². The largest absolute Gasteiger partial charge is 0.343 e. The Bertz CT molecular complexity index is 377. The van der Waals surface area contributed by atoms with E-state index in [2.05, 4.69) is 15.3 Å². The van der Waals surface area contributed by atoms with Gasteiger partial charge in [-0.2, -0.15) is 0 Å². The molecular formula is C12H20N4O. The van der Waals surface area contributed by atoms with Crippen molar-refractivity contribution in [1.82, 2.24) is 14.9 Å². The molecule has 1 amide bonds. The van der Waals surface area contributed by atoms with E-state index in [1.807, 2.05) is 33.8 Å². The van der Waals surface area contributed by atoms with Gasteiger partial charge in [0, 0.05) is 25.0 Å². The van der Waals surface area contributed by atoms with Crippen molar-refractivity contribution in [3.63, 3.8) is 0 Å². The van der Waals surface area contributed by atoms with Gasteiger partial charge in [0.2, 0.25) is 11.9 Å². The second-order valence-electron chi connectivity index (χ2n) is 3.90. The molecule has 0 bridgehead atoms. The Labute approximate surface area is 102 Å². The van der Waals surface area contributed by atoms with Crippen LogP contribution in [0.4, 0.5) is 5.95 Å². The quantitative estimate of drug-likeness (QED) is 0.840. The lowest BCUT2D eigenvalue weighted by atomic mass is 10.3. The maximum atomic E-state index is 12.0. The standard InChI is InChI=1S/C12H20N4O/c1-5-16(6-2)11(17)10(4)15-12-13-8-7-9(3)14-12/h7-8,10H,5-6H2,1-4H3,(H,13,14,15). The molecule has 0 aliphatic heterocycles. The van der Waals surface area contributed by atoms with E-state index >= 15 is 0 Å². The van der Waals surface area contributed by atoms with Crippen LogP contribution in [-0.2, 0) is 4.79 Å². The van der Waals surface area contributed by atoms with E-state index in [0.717, 1.165) is 18.8 Å². The van der Waals surface area contributed by atoms with Gasteiger partial charge in [-0.25, -0.2) is 9.97 Å². The van der Waals surface area contributed by atoms with Gasteiger partial charge < -0.3 is 10.2 Å². The molecule has 1 rings (SSSR count). The minimum Gasteiger partial charge on any atom is -0.343 e. The second kappa shape index (κ2) is 6.18. The van der Waals surface area contributed by atoms with Crippen molar-refractivity contribution in [2.24, 2.45) is 0 Å². The van der Waals surface area contributed by atoms with Crippen LogP contribution in [0.1, 0.15) is 26.5 Å². The second-order valence-corrected chi connectivity index (χ2v) is 3.90. The van der Waals surface area contributed by atoms with E-state index < -0.39 is 0 Å². The third kappa shape index (κ3) is 3.69. The predicted octanol–water partition coefficient (Wildman–Crippen LogP) is 1.45. The average molecular weight is 236 g/mol. The number of rotatable bonds is 5. The van der Waals surface area contributed by atoms with E-state index in [9.17, 15) is 4.79 Å². The molecule has 0 aromatic carbocycles. The lowest BCUT2D eigenvalue weighted by molar-refractivity contribution is -0.131. The molecule has 1 aromatic rings. The fraction of sp³-hybridized carbons (Fsp3) is 0.583. The molecule has 0 spiro atoms. The smallest absolute Gasteiger partial charge is 0.244 e. The van der Waals surface area contributed by atoms with Gasteiger partial charge >= 0.3 is 0 Å². The molecule has 0 aliphatic carbocycles. The first-order valence-corrected chi connectivity index (χ1v) is 5.93. The van der Waals surface area contributed by atoms with Gasteiger partial charge in [0.1, 0.15) is 6.04 Å². The summed E-state index contributed by atoms with van der Waals surface area (Å²) in [6.07, 6.45) is 1.68. The number of likely N-dealkylation sites (N-methyl/N-ethyl adjacent to an activating group) is 1. The SMILES string of the molecule is CCN(CC)C(=O)C(C)Nc1nccc(C)n1. The number of carbonyl (C=O) groups is 1. The molecule has 0 fully saturated rings. The number of aromatic nitrogens is 2. The Kier molecular flexibility index (Phi) is 4.87. The highest BCUT2D eigenvalue weighted by Gasteiger charge is 2.18. The van der Waals surface area contributed by atoms with Crippen LogP contribution in [0.5, 0.6) is 0 Å². The molecule has 1 aromatic heterocycles. The van der Waals surface area contributed by atoms with Crippen molar-refractivity contribution in [2.75, 3.05) is 18.4 Å². The number of hydrogen-bond donors (Lipinski definition) is 1. The van der Waals surface area contributed by atoms with Crippen LogP contribution in [0.3, 0.4) is 0 Å². The first kappa shape index (κ1) is 13.4. The molecule has 0 aliphatic rings. The molecule has 17 heavy (non-hydrogen) atoms. The molecule has 5 nitrogen and oxygen atoms in total. The summed E-state index contributed by atoms with van der Waals surface area (Å²) in [5.41, 5.74) is 0.880. The fourth-order valence-corrected chi connectivity index (χ4v) is 1.58. The van der Waals surface area contributed by atoms with E-state index in [1.165, 1.54) is 0 Å². The molecular weight excluding hydrogens is 216 g/mol. The molecule has 5 heteroatoms. The minimum absolute atomic E-state index is 0.0695. The Hall–Kier alpha value is -1.65. The summed E-state index contributed by atoms with van der Waals surface area (Å²) in [6, 6.07) is 1.51. The lowest BCUT2D eigenvalue weighted by Gasteiger charge is -2.23. The molecule has 1 unspecified atom stereocenters. The normalized spacial score (nSPS) is 12.0. The van der Waals surface area contributed by atoms with E-state index in [-0.39, 0.29) is 11.9 Å². The number of anilines is 1. The Balaban J connectivity index is 2.65. The third-order valence-corrected chi connectivity index (χ3v) is 2.59. The van der Waals surface area contributed by atoms with Crippen LogP contribution >= 0.6 is 0 Å². The zero-order valence-electron chi connectivity index (χ0n) is 10.9. The van der Waals surface area contributed by atoms with Crippen molar-refractivity contribution < 1.29 is 4.79 Å². The highest BCUT2D eigenvalue weighted by Crippen LogP contribution is 2.04. The molecule has 1 N–H and O–H groups in total. The van der Waals surface area contributed by atoms with Gasteiger partial charge in [-0.3, -0.25) is 4.79 Å². The van der Waals surface area contributed by atoms with Crippen LogP contribution in [0.2, 0.25) is 0 Å². The summed E-state index contributed by atoms with van der Waals surface area (Å²) >= 11 is 0. The highest BCUT2D eigenvalue weighted by atomic mass is 16.2. The molecule has 0 radical (unpaired) electrons. The topological polar surface area (TPSA) is 58.1 Å². The Morgan fingerprint density at radius 1 is 1.47 bits per heavy atom. The van der Waals surface area contributed by atoms with Crippen molar-refractivity contribution in [3.05, 3.63) is 18.0 Å². The van der Waals surface area contributed by atoms with E-state index in [4.69, 9.17) is 0 Å². The number of nitrogens with zero attached hydrogens (tertiary/aromatic N) is 3. The van der Waals surface area contributed by atoms with Gasteiger partial charge in [0.25, 0.3) is 0 Å². The first-order valence-electron chi connectivity index (χ1n) is 5.93. The number of nitrogens with one attached hydrogen (secondary N) is 1. The maximum absolute atomic E-state index is 12.0. The lowest BCUT2D eigenvalue weighted by Crippen LogP contribution is -2.41. The van der Waals surface area contributed by atoms with Crippen LogP contribution in [0.25, 0.3) is 0 Å². The summed E-state index contributed by atoms with van der Waals surface area (Å²) in [5, 5.41) is 3.02. The van der Waals surface area contributed by atoms with Crippen LogP contribution < -0.4 is 5.32 Å². The molecule has 94 valence electrons. The third-order valence-electron chi connectivity index (χ3n) is 2.59. The Morgan fingerprint density at radius 3 is 2.65 bits per heavy atom. The summed E-state index contributed by atoms with van der Waals surface area (Å²) in [4.78, 5) is 22.1. The summed E-state index contributed by atoms with van der Waals surface area (Å²) in [6.45, 7) is 9.09. The van der Waals surface area contributed by atoms with Crippen LogP contribution in [0.15, 0.2) is 12.3 Å². The number of aryl methyl sites for hydroxylation is 1. The van der Waals surface area contributed by atoms with E-state index in [0.29, 0.717) is 5.95 Å². The predicted molar refractivity (Wildman–Crippen MR) is 67.8 cm³/mol. The zero-order chi connectivity index (χ0) is 12.8. The van der Waals surface area contributed by atoms with Crippen LogP contribution in [0, 0.1) is 6.92 Å². The zero-order valence-corrected chi connectivity index (χ0v) is 10.9. The highest BCUT2D eigenvalue weighted by molar-refractivity contribution is 5.83. The number of amides is 1. The number of carbonyl (C=O) groups excluding carboxylic acids is 1. The minimum atomic E-state index is -0.309. The molecule has 1 atom stereocenters. The molecule has 0 saturated carbocycles. The van der Waals surface area contributed by atoms with Crippen molar-refractivity contribution in [2.45, 2.75) is 33.7 Å². The van der Waals surface area contributed by atoms with Crippen molar-refractivity contribution in [3.8, 4) is 0 Å². The van der Waals surface area contributed by atoms with Crippen LogP contribution in [-0.4, -0.2) is 39.9 Å². The fourth-order valence-electron chi connectivity index (χ4n) is 1.58. The average Bonchev–Trinajstić information content (AvgIpc) is 2.30. The Morgan fingerprint density at radius 2 is 2.12 bits per heavy atom. The van der Waals surface area contributed by atoms with Crippen molar-refractivity contribution in [1.29, 1.82) is 0 Å². The van der Waals surface area contributed by atoms with Gasteiger partial charge in [-0.1, -0.05) is 0 Å². The van der Waals surface area contributed by atoms with Gasteiger partial charge in [0.05, 0.1) is 0 Å². The monoisotopic (exact) mass is 236 g/mol. The first-order chi connectivity index (χ1) is 8.08.